The molecule has 0 saturated carbocycles. The molecule has 1 amide bonds. The molecule has 9 heteroatoms. The maximum atomic E-state index is 13.3. The molecule has 1 fully saturated rings. The van der Waals surface area contributed by atoms with Gasteiger partial charge in [0.1, 0.15) is 0 Å². The largest absolute Gasteiger partial charge is 0.460 e. The van der Waals surface area contributed by atoms with E-state index >= 15 is 0 Å². The molecule has 0 spiro atoms. The summed E-state index contributed by atoms with van der Waals surface area (Å²) < 4.78 is 37.4. The Bertz CT molecular complexity index is 1290. The highest BCUT2D eigenvalue weighted by Crippen LogP contribution is 2.32. The molecule has 0 radical (unpaired) electrons. The van der Waals surface area contributed by atoms with Crippen LogP contribution in [-0.4, -0.2) is 51.3 Å². The number of hydrogen-bond acceptors (Lipinski definition) is 6. The first-order valence-corrected chi connectivity index (χ1v) is 13.0. The van der Waals surface area contributed by atoms with Crippen molar-refractivity contribution in [2.24, 2.45) is 5.92 Å². The summed E-state index contributed by atoms with van der Waals surface area (Å²) >= 11 is 0. The van der Waals surface area contributed by atoms with E-state index in [9.17, 15) is 18.0 Å². The molecule has 0 aliphatic carbocycles. The first-order valence-electron chi connectivity index (χ1n) is 11.5. The Morgan fingerprint density at radius 2 is 1.66 bits per heavy atom. The first-order chi connectivity index (χ1) is 16.8. The molecule has 1 aliphatic rings. The van der Waals surface area contributed by atoms with Crippen molar-refractivity contribution in [3.05, 3.63) is 72.5 Å². The number of nitrogens with zero attached hydrogens (tertiary/aromatic N) is 2. The van der Waals surface area contributed by atoms with Crippen molar-refractivity contribution in [3.8, 4) is 11.1 Å². The minimum Gasteiger partial charge on any atom is -0.460 e. The van der Waals surface area contributed by atoms with Gasteiger partial charge in [-0.25, -0.2) is 13.2 Å². The van der Waals surface area contributed by atoms with Crippen LogP contribution in [0.25, 0.3) is 11.1 Å². The third kappa shape index (κ3) is 5.16. The number of ether oxygens (including phenoxy) is 1. The Labute approximate surface area is 205 Å². The highest BCUT2D eigenvalue weighted by molar-refractivity contribution is 7.89. The van der Waals surface area contributed by atoms with E-state index < -0.39 is 16.0 Å². The van der Waals surface area contributed by atoms with Crippen molar-refractivity contribution >= 4 is 27.6 Å². The van der Waals surface area contributed by atoms with Gasteiger partial charge in [0.05, 0.1) is 12.3 Å². The Morgan fingerprint density at radius 3 is 2.34 bits per heavy atom. The highest BCUT2D eigenvalue weighted by Gasteiger charge is 2.35. The van der Waals surface area contributed by atoms with Gasteiger partial charge in [0, 0.05) is 31.6 Å². The Kier molecular flexibility index (Phi) is 7.37. The van der Waals surface area contributed by atoms with Crippen molar-refractivity contribution in [1.82, 2.24) is 4.31 Å². The zero-order valence-corrected chi connectivity index (χ0v) is 20.5. The zero-order chi connectivity index (χ0) is 25.0. The smallest absolute Gasteiger partial charge is 0.374 e. The molecule has 2 aromatic carbocycles. The maximum absolute atomic E-state index is 13.3. The van der Waals surface area contributed by atoms with Gasteiger partial charge in [-0.15, -0.1) is 0 Å². The van der Waals surface area contributed by atoms with Crippen LogP contribution in [0.4, 0.5) is 5.69 Å². The molecule has 0 N–H and O–H groups in total. The van der Waals surface area contributed by atoms with Crippen LogP contribution in [0.15, 0.2) is 76.2 Å². The fourth-order valence-corrected chi connectivity index (χ4v) is 5.64. The van der Waals surface area contributed by atoms with E-state index in [2.05, 4.69) is 0 Å². The number of carbonyl (C=O) groups is 2. The van der Waals surface area contributed by atoms with E-state index in [4.69, 9.17) is 9.15 Å². The van der Waals surface area contributed by atoms with Gasteiger partial charge in [0.15, 0.2) is 0 Å². The number of carbonyl (C=O) groups excluding carboxylic acids is 2. The summed E-state index contributed by atoms with van der Waals surface area (Å²) in [6.07, 6.45) is 0.780. The van der Waals surface area contributed by atoms with E-state index in [0.717, 1.165) is 16.8 Å². The summed E-state index contributed by atoms with van der Waals surface area (Å²) in [5.41, 5.74) is 2.78. The molecule has 0 atom stereocenters. The third-order valence-corrected chi connectivity index (χ3v) is 7.91. The fourth-order valence-electron chi connectivity index (χ4n) is 4.26. The fraction of sp³-hybridized carbons (Fsp3) is 0.308. The van der Waals surface area contributed by atoms with Crippen LogP contribution in [0.5, 0.6) is 0 Å². The molecule has 0 bridgehead atoms. The molecule has 1 aliphatic heterocycles. The van der Waals surface area contributed by atoms with Gasteiger partial charge < -0.3 is 14.1 Å². The number of hydrogen-bond donors (Lipinski definition) is 0. The van der Waals surface area contributed by atoms with Crippen LogP contribution in [0.1, 0.15) is 30.3 Å². The Morgan fingerprint density at radius 1 is 1.00 bits per heavy atom. The number of sulfonamides is 1. The van der Waals surface area contributed by atoms with E-state index in [1.54, 1.807) is 18.9 Å². The van der Waals surface area contributed by atoms with Gasteiger partial charge in [-0.3, -0.25) is 4.79 Å². The molecule has 1 saturated heterocycles. The number of anilines is 1. The van der Waals surface area contributed by atoms with Crippen molar-refractivity contribution in [3.63, 3.8) is 0 Å². The lowest BCUT2D eigenvalue weighted by Gasteiger charge is -2.32. The number of rotatable bonds is 7. The predicted octanol–water partition coefficient (Wildman–Crippen LogP) is 4.19. The van der Waals surface area contributed by atoms with Crippen LogP contribution < -0.4 is 4.90 Å². The lowest BCUT2D eigenvalue weighted by molar-refractivity contribution is -0.123. The second kappa shape index (κ2) is 10.5. The van der Waals surface area contributed by atoms with Gasteiger partial charge in [-0.2, -0.15) is 4.31 Å². The molecule has 2 heterocycles. The second-order valence-corrected chi connectivity index (χ2v) is 10.2. The van der Waals surface area contributed by atoms with E-state index in [0.29, 0.717) is 12.8 Å². The molecule has 0 unspecified atom stereocenters. The second-order valence-electron chi connectivity index (χ2n) is 8.30. The molecule has 184 valence electrons. The lowest BCUT2D eigenvalue weighted by Crippen LogP contribution is -2.43. The summed E-state index contributed by atoms with van der Waals surface area (Å²) in [6, 6.07) is 20.2. The van der Waals surface area contributed by atoms with E-state index in [1.165, 1.54) is 16.4 Å². The average molecular weight is 497 g/mol. The van der Waals surface area contributed by atoms with Crippen molar-refractivity contribution in [2.75, 3.05) is 31.6 Å². The number of amides is 1. The molecule has 4 rings (SSSR count). The summed E-state index contributed by atoms with van der Waals surface area (Å²) in [7, 11) is -2.16. The number of benzene rings is 2. The minimum atomic E-state index is -3.92. The summed E-state index contributed by atoms with van der Waals surface area (Å²) in [6.45, 7) is 2.18. The van der Waals surface area contributed by atoms with Gasteiger partial charge in [-0.1, -0.05) is 48.5 Å². The number of esters is 1. The Hall–Kier alpha value is -3.43. The normalized spacial score (nSPS) is 15.0. The standard InChI is InChI=1S/C26H28N2O6S/c1-3-33-26(30)23-13-14-24(34-23)35(31,32)28-17-15-20(16-18-28)25(29)27(2)22-12-8-7-11-21(22)19-9-5-4-6-10-19/h4-14,20H,3,15-18H2,1-2H3. The molecule has 8 nitrogen and oxygen atoms in total. The first kappa shape index (κ1) is 24.7. The predicted molar refractivity (Wildman–Crippen MR) is 131 cm³/mol. The lowest BCUT2D eigenvalue weighted by atomic mass is 9.95. The average Bonchev–Trinajstić information content (AvgIpc) is 3.40. The van der Waals surface area contributed by atoms with Gasteiger partial charge in [0.25, 0.3) is 10.0 Å². The zero-order valence-electron chi connectivity index (χ0n) is 19.7. The van der Waals surface area contributed by atoms with Crippen LogP contribution in [0, 0.1) is 5.92 Å². The quantitative estimate of drug-likeness (QED) is 0.455. The van der Waals surface area contributed by atoms with E-state index in [-0.39, 0.29) is 42.4 Å². The summed E-state index contributed by atoms with van der Waals surface area (Å²) in [5, 5.41) is -0.306. The van der Waals surface area contributed by atoms with Crippen molar-refractivity contribution < 1.29 is 27.2 Å². The van der Waals surface area contributed by atoms with Gasteiger partial charge in [-0.05, 0) is 43.5 Å². The summed E-state index contributed by atoms with van der Waals surface area (Å²) in [5.74, 6) is -1.22. The number of para-hydroxylation sites is 1. The van der Waals surface area contributed by atoms with Crippen molar-refractivity contribution in [1.29, 1.82) is 0 Å². The maximum Gasteiger partial charge on any atom is 0.374 e. The van der Waals surface area contributed by atoms with Gasteiger partial charge >= 0.3 is 5.97 Å². The molecular weight excluding hydrogens is 468 g/mol. The van der Waals surface area contributed by atoms with Gasteiger partial charge in [0.2, 0.25) is 16.8 Å². The van der Waals surface area contributed by atoms with Crippen LogP contribution >= 0.6 is 0 Å². The summed E-state index contributed by atoms with van der Waals surface area (Å²) in [4.78, 5) is 26.8. The molecular formula is C26H28N2O6S. The molecule has 35 heavy (non-hydrogen) atoms. The Balaban J connectivity index is 1.44. The SMILES string of the molecule is CCOC(=O)c1ccc(S(=O)(=O)N2CCC(C(=O)N(C)c3ccccc3-c3ccccc3)CC2)o1. The monoisotopic (exact) mass is 496 g/mol. The van der Waals surface area contributed by atoms with Crippen molar-refractivity contribution in [2.45, 2.75) is 24.9 Å². The number of piperidine rings is 1. The van der Waals surface area contributed by atoms with Crippen LogP contribution in [0.2, 0.25) is 0 Å². The topological polar surface area (TPSA) is 97.1 Å². The molecule has 3 aromatic rings. The number of furan rings is 1. The van der Waals surface area contributed by atoms with Crippen LogP contribution in [0.3, 0.4) is 0 Å². The van der Waals surface area contributed by atoms with Crippen LogP contribution in [-0.2, 0) is 19.6 Å². The van der Waals surface area contributed by atoms with E-state index in [1.807, 2.05) is 54.6 Å². The molecule has 1 aromatic heterocycles. The third-order valence-electron chi connectivity index (χ3n) is 6.14. The minimum absolute atomic E-state index is 0.0481. The highest BCUT2D eigenvalue weighted by atomic mass is 32.2.